The van der Waals surface area contributed by atoms with Gasteiger partial charge in [-0.1, -0.05) is 37.3 Å². The minimum atomic E-state index is -0.612. The molecule has 4 heteroatoms. The Bertz CT molecular complexity index is 390. The summed E-state index contributed by atoms with van der Waals surface area (Å²) in [4.78, 5) is 14.2. The van der Waals surface area contributed by atoms with Gasteiger partial charge in [-0.25, -0.2) is 0 Å². The van der Waals surface area contributed by atoms with Gasteiger partial charge in [-0.15, -0.1) is 0 Å². The number of carbonyl (C=O) groups is 1. The topological polar surface area (TPSA) is 52.6 Å². The number of rotatable bonds is 7. The molecule has 0 spiro atoms. The van der Waals surface area contributed by atoms with Crippen LogP contribution in [0, 0.1) is 0 Å². The van der Waals surface area contributed by atoms with Crippen molar-refractivity contribution in [1.29, 1.82) is 0 Å². The van der Waals surface area contributed by atoms with E-state index in [4.69, 9.17) is 5.11 Å². The third-order valence-electron chi connectivity index (χ3n) is 3.03. The molecule has 0 aliphatic carbocycles. The molecule has 0 atom stereocenters. The molecule has 0 heterocycles. The predicted molar refractivity (Wildman–Crippen MR) is 76.7 cm³/mol. The molecule has 19 heavy (non-hydrogen) atoms. The van der Waals surface area contributed by atoms with Crippen LogP contribution in [0.5, 0.6) is 0 Å². The van der Waals surface area contributed by atoms with Crippen LogP contribution in [-0.4, -0.2) is 41.1 Å². The third-order valence-corrected chi connectivity index (χ3v) is 3.03. The van der Waals surface area contributed by atoms with Crippen LogP contribution in [0.25, 0.3) is 0 Å². The molecular weight excluding hydrogens is 240 g/mol. The summed E-state index contributed by atoms with van der Waals surface area (Å²) < 4.78 is 0. The van der Waals surface area contributed by atoms with Gasteiger partial charge in [-0.05, 0) is 26.0 Å². The van der Waals surface area contributed by atoms with E-state index >= 15 is 0 Å². The lowest BCUT2D eigenvalue weighted by Crippen LogP contribution is -2.54. The molecule has 0 unspecified atom stereocenters. The standard InChI is InChI=1S/C15H24N2O2/c1-4-16-15(2,3)14(19)17(10-11-18)12-13-8-6-5-7-9-13/h5-9,16,18H,4,10-12H2,1-3H3. The minimum absolute atomic E-state index is 0.00672. The molecule has 0 saturated carbocycles. The fourth-order valence-electron chi connectivity index (χ4n) is 2.09. The van der Waals surface area contributed by atoms with Gasteiger partial charge in [0.1, 0.15) is 0 Å². The maximum Gasteiger partial charge on any atom is 0.242 e. The second-order valence-electron chi connectivity index (χ2n) is 5.09. The van der Waals surface area contributed by atoms with Crippen molar-refractivity contribution >= 4 is 5.91 Å². The molecule has 1 rings (SSSR count). The number of amides is 1. The van der Waals surface area contributed by atoms with Gasteiger partial charge in [0, 0.05) is 13.1 Å². The molecule has 1 aromatic rings. The lowest BCUT2D eigenvalue weighted by atomic mass is 10.0. The van der Waals surface area contributed by atoms with Crippen molar-refractivity contribution in [3.8, 4) is 0 Å². The van der Waals surface area contributed by atoms with E-state index in [2.05, 4.69) is 5.32 Å². The van der Waals surface area contributed by atoms with Gasteiger partial charge in [0.15, 0.2) is 0 Å². The second-order valence-corrected chi connectivity index (χ2v) is 5.09. The van der Waals surface area contributed by atoms with Crippen molar-refractivity contribution in [2.45, 2.75) is 32.9 Å². The molecule has 0 aromatic heterocycles. The normalized spacial score (nSPS) is 11.4. The van der Waals surface area contributed by atoms with Crippen LogP contribution in [0.3, 0.4) is 0 Å². The van der Waals surface area contributed by atoms with Crippen molar-refractivity contribution < 1.29 is 9.90 Å². The van der Waals surface area contributed by atoms with Gasteiger partial charge in [0.25, 0.3) is 0 Å². The quantitative estimate of drug-likeness (QED) is 0.782. The highest BCUT2D eigenvalue weighted by Gasteiger charge is 2.30. The molecule has 0 aliphatic rings. The monoisotopic (exact) mass is 264 g/mol. The fourth-order valence-corrected chi connectivity index (χ4v) is 2.09. The van der Waals surface area contributed by atoms with Gasteiger partial charge in [-0.2, -0.15) is 0 Å². The molecule has 106 valence electrons. The SMILES string of the molecule is CCNC(C)(C)C(=O)N(CCO)Cc1ccccc1. The Balaban J connectivity index is 2.79. The van der Waals surface area contributed by atoms with E-state index < -0.39 is 5.54 Å². The minimum Gasteiger partial charge on any atom is -0.395 e. The van der Waals surface area contributed by atoms with Gasteiger partial charge in [0.2, 0.25) is 5.91 Å². The van der Waals surface area contributed by atoms with Crippen molar-refractivity contribution in [3.05, 3.63) is 35.9 Å². The zero-order valence-corrected chi connectivity index (χ0v) is 12.0. The van der Waals surface area contributed by atoms with Crippen LogP contribution >= 0.6 is 0 Å². The first kappa shape index (κ1) is 15.7. The molecule has 0 saturated heterocycles. The van der Waals surface area contributed by atoms with Gasteiger partial charge >= 0.3 is 0 Å². The van der Waals surface area contributed by atoms with Crippen LogP contribution in [-0.2, 0) is 11.3 Å². The summed E-state index contributed by atoms with van der Waals surface area (Å²) in [5, 5.41) is 12.3. The summed E-state index contributed by atoms with van der Waals surface area (Å²) >= 11 is 0. The van der Waals surface area contributed by atoms with Crippen molar-refractivity contribution in [2.24, 2.45) is 0 Å². The molecule has 4 nitrogen and oxygen atoms in total. The molecule has 0 aliphatic heterocycles. The van der Waals surface area contributed by atoms with E-state index in [0.717, 1.165) is 12.1 Å². The van der Waals surface area contributed by atoms with Crippen LogP contribution in [0.2, 0.25) is 0 Å². The summed E-state index contributed by atoms with van der Waals surface area (Å²) in [7, 11) is 0. The Morgan fingerprint density at radius 1 is 1.32 bits per heavy atom. The summed E-state index contributed by atoms with van der Waals surface area (Å²) in [6, 6.07) is 9.82. The zero-order chi connectivity index (χ0) is 14.3. The van der Waals surface area contributed by atoms with Crippen molar-refractivity contribution in [3.63, 3.8) is 0 Å². The molecule has 0 bridgehead atoms. The van der Waals surface area contributed by atoms with E-state index in [1.165, 1.54) is 0 Å². The molecule has 0 fully saturated rings. The third kappa shape index (κ3) is 4.65. The number of hydrogen-bond acceptors (Lipinski definition) is 3. The highest BCUT2D eigenvalue weighted by atomic mass is 16.3. The fraction of sp³-hybridized carbons (Fsp3) is 0.533. The Morgan fingerprint density at radius 3 is 2.47 bits per heavy atom. The number of hydrogen-bond donors (Lipinski definition) is 2. The predicted octanol–water partition coefficient (Wildman–Crippen LogP) is 1.40. The Kier molecular flexibility index (Phi) is 5.99. The van der Waals surface area contributed by atoms with E-state index in [9.17, 15) is 4.79 Å². The zero-order valence-electron chi connectivity index (χ0n) is 12.0. The Morgan fingerprint density at radius 2 is 1.95 bits per heavy atom. The van der Waals surface area contributed by atoms with Crippen LogP contribution < -0.4 is 5.32 Å². The average molecular weight is 264 g/mol. The number of nitrogens with zero attached hydrogens (tertiary/aromatic N) is 1. The molecule has 1 aromatic carbocycles. The summed E-state index contributed by atoms with van der Waals surface area (Å²) in [5.41, 5.74) is 0.454. The second kappa shape index (κ2) is 7.26. The lowest BCUT2D eigenvalue weighted by molar-refractivity contribution is -0.138. The number of aliphatic hydroxyl groups excluding tert-OH is 1. The number of carbonyl (C=O) groups excluding carboxylic acids is 1. The number of aliphatic hydroxyl groups is 1. The summed E-state index contributed by atoms with van der Waals surface area (Å²) in [5.74, 6) is 0.00672. The number of likely N-dealkylation sites (N-methyl/N-ethyl adjacent to an activating group) is 1. The van der Waals surface area contributed by atoms with Crippen molar-refractivity contribution in [1.82, 2.24) is 10.2 Å². The Hall–Kier alpha value is -1.39. The van der Waals surface area contributed by atoms with Gasteiger partial charge in [0.05, 0.1) is 12.1 Å². The maximum absolute atomic E-state index is 12.5. The molecular formula is C15H24N2O2. The Labute approximate surface area is 115 Å². The van der Waals surface area contributed by atoms with E-state index in [1.807, 2.05) is 51.1 Å². The summed E-state index contributed by atoms with van der Waals surface area (Å²) in [6.07, 6.45) is 0. The van der Waals surface area contributed by atoms with Gasteiger partial charge < -0.3 is 15.3 Å². The smallest absolute Gasteiger partial charge is 0.242 e. The van der Waals surface area contributed by atoms with E-state index in [1.54, 1.807) is 4.90 Å². The largest absolute Gasteiger partial charge is 0.395 e. The van der Waals surface area contributed by atoms with Crippen LogP contribution in [0.15, 0.2) is 30.3 Å². The van der Waals surface area contributed by atoms with Crippen LogP contribution in [0.4, 0.5) is 0 Å². The highest BCUT2D eigenvalue weighted by Crippen LogP contribution is 2.12. The number of benzene rings is 1. The van der Waals surface area contributed by atoms with Crippen molar-refractivity contribution in [2.75, 3.05) is 19.7 Å². The van der Waals surface area contributed by atoms with Gasteiger partial charge in [-0.3, -0.25) is 4.79 Å². The lowest BCUT2D eigenvalue weighted by Gasteiger charge is -2.32. The maximum atomic E-state index is 12.5. The highest BCUT2D eigenvalue weighted by molar-refractivity contribution is 5.85. The summed E-state index contributed by atoms with van der Waals surface area (Å²) in [6.45, 7) is 7.29. The van der Waals surface area contributed by atoms with Crippen LogP contribution in [0.1, 0.15) is 26.3 Å². The van der Waals surface area contributed by atoms with E-state index in [-0.39, 0.29) is 12.5 Å². The average Bonchev–Trinajstić information content (AvgIpc) is 2.38. The number of nitrogens with one attached hydrogen (secondary N) is 1. The molecule has 1 amide bonds. The first-order chi connectivity index (χ1) is 9.01. The van der Waals surface area contributed by atoms with E-state index in [0.29, 0.717) is 13.1 Å². The molecule has 0 radical (unpaired) electrons. The molecule has 2 N–H and O–H groups in total. The first-order valence-electron chi connectivity index (χ1n) is 6.70. The first-order valence-corrected chi connectivity index (χ1v) is 6.70.